The molecule has 1 fully saturated rings. The second-order valence-electron chi connectivity index (χ2n) is 7.28. The summed E-state index contributed by atoms with van der Waals surface area (Å²) < 4.78 is 7.58. The molecule has 6 nitrogen and oxygen atoms in total. The number of carbonyl (C=O) groups is 1. The number of thioether (sulfide) groups is 1. The molecule has 2 heterocycles. The van der Waals surface area contributed by atoms with Crippen LogP contribution in [0.25, 0.3) is 0 Å². The number of furan rings is 1. The van der Waals surface area contributed by atoms with Crippen LogP contribution >= 0.6 is 11.8 Å². The Labute approximate surface area is 163 Å². The molecule has 0 radical (unpaired) electrons. The van der Waals surface area contributed by atoms with Crippen molar-refractivity contribution in [3.63, 3.8) is 0 Å². The van der Waals surface area contributed by atoms with Gasteiger partial charge in [0.1, 0.15) is 11.6 Å². The van der Waals surface area contributed by atoms with Gasteiger partial charge in [0.05, 0.1) is 18.6 Å². The average Bonchev–Trinajstić information content (AvgIpc) is 3.25. The van der Waals surface area contributed by atoms with Gasteiger partial charge in [0.2, 0.25) is 5.91 Å². The number of nitrogens with zero attached hydrogens (tertiary/aromatic N) is 3. The number of hydrogen-bond donors (Lipinski definition) is 1. The Morgan fingerprint density at radius 2 is 2.26 bits per heavy atom. The zero-order valence-electron chi connectivity index (χ0n) is 15.5. The summed E-state index contributed by atoms with van der Waals surface area (Å²) in [4.78, 5) is 12.2. The molecule has 0 spiro atoms. The van der Waals surface area contributed by atoms with Gasteiger partial charge in [-0.1, -0.05) is 23.4 Å². The standard InChI is InChI=1S/C20H26N4O2S/c25-18(21-11-10-15-5-2-1-3-6-15)14-27-20-23-22-19(16-8-9-16)24(20)13-17-7-4-12-26-17/h4-5,7,12,16H,1-3,6,8-11,13-14H2,(H,21,25). The number of nitrogens with one attached hydrogen (secondary N) is 1. The molecule has 27 heavy (non-hydrogen) atoms. The third-order valence-corrected chi connectivity index (χ3v) is 6.03. The number of carbonyl (C=O) groups excluding carboxylic acids is 1. The summed E-state index contributed by atoms with van der Waals surface area (Å²) in [6.45, 7) is 1.33. The van der Waals surface area contributed by atoms with Gasteiger partial charge in [0.15, 0.2) is 5.16 Å². The first-order valence-electron chi connectivity index (χ1n) is 9.82. The third-order valence-electron chi connectivity index (χ3n) is 5.07. The van der Waals surface area contributed by atoms with E-state index in [1.165, 1.54) is 43.0 Å². The van der Waals surface area contributed by atoms with Crippen LogP contribution in [0.1, 0.15) is 62.4 Å². The van der Waals surface area contributed by atoms with E-state index in [1.54, 1.807) is 6.26 Å². The van der Waals surface area contributed by atoms with Crippen molar-refractivity contribution in [2.45, 2.75) is 62.6 Å². The fraction of sp³-hybridized carbons (Fsp3) is 0.550. The molecule has 0 atom stereocenters. The summed E-state index contributed by atoms with van der Waals surface area (Å²) in [7, 11) is 0. The molecule has 7 heteroatoms. The van der Waals surface area contributed by atoms with Gasteiger partial charge < -0.3 is 9.73 Å². The molecule has 0 aliphatic heterocycles. The predicted molar refractivity (Wildman–Crippen MR) is 105 cm³/mol. The minimum Gasteiger partial charge on any atom is -0.467 e. The van der Waals surface area contributed by atoms with Crippen LogP contribution in [0.4, 0.5) is 0 Å². The summed E-state index contributed by atoms with van der Waals surface area (Å²) in [5.74, 6) is 2.80. The summed E-state index contributed by atoms with van der Waals surface area (Å²) in [6, 6.07) is 3.84. The maximum Gasteiger partial charge on any atom is 0.230 e. The van der Waals surface area contributed by atoms with Crippen LogP contribution in [-0.2, 0) is 11.3 Å². The van der Waals surface area contributed by atoms with Crippen molar-refractivity contribution in [3.8, 4) is 0 Å². The van der Waals surface area contributed by atoms with E-state index in [4.69, 9.17) is 4.42 Å². The molecule has 2 aromatic heterocycles. The topological polar surface area (TPSA) is 73.0 Å². The first-order valence-corrected chi connectivity index (χ1v) is 10.8. The van der Waals surface area contributed by atoms with Gasteiger partial charge in [0.25, 0.3) is 0 Å². The zero-order chi connectivity index (χ0) is 18.5. The van der Waals surface area contributed by atoms with Crippen LogP contribution in [0.5, 0.6) is 0 Å². The van der Waals surface area contributed by atoms with Crippen LogP contribution in [0.15, 0.2) is 39.6 Å². The van der Waals surface area contributed by atoms with Crippen molar-refractivity contribution in [1.29, 1.82) is 0 Å². The van der Waals surface area contributed by atoms with Crippen molar-refractivity contribution >= 4 is 17.7 Å². The fourth-order valence-corrected chi connectivity index (χ4v) is 4.21. The van der Waals surface area contributed by atoms with E-state index in [2.05, 4.69) is 26.2 Å². The quantitative estimate of drug-likeness (QED) is 0.523. The summed E-state index contributed by atoms with van der Waals surface area (Å²) in [6.07, 6.45) is 12.3. The van der Waals surface area contributed by atoms with Crippen LogP contribution in [-0.4, -0.2) is 33.0 Å². The molecule has 144 valence electrons. The predicted octanol–water partition coefficient (Wildman–Crippen LogP) is 3.90. The second-order valence-corrected chi connectivity index (χ2v) is 8.22. The Morgan fingerprint density at radius 3 is 3.00 bits per heavy atom. The smallest absolute Gasteiger partial charge is 0.230 e. The van der Waals surface area contributed by atoms with Crippen LogP contribution < -0.4 is 5.32 Å². The lowest BCUT2D eigenvalue weighted by molar-refractivity contribution is -0.118. The highest BCUT2D eigenvalue weighted by atomic mass is 32.2. The molecule has 1 saturated carbocycles. The van der Waals surface area contributed by atoms with E-state index in [1.807, 2.05) is 12.1 Å². The molecule has 0 aromatic carbocycles. The Kier molecular flexibility index (Phi) is 5.97. The highest BCUT2D eigenvalue weighted by Crippen LogP contribution is 2.40. The van der Waals surface area contributed by atoms with Crippen LogP contribution in [0.3, 0.4) is 0 Å². The van der Waals surface area contributed by atoms with Gasteiger partial charge in [-0.15, -0.1) is 10.2 Å². The summed E-state index contributed by atoms with van der Waals surface area (Å²) in [5, 5.41) is 12.5. The van der Waals surface area contributed by atoms with Gasteiger partial charge in [0, 0.05) is 12.5 Å². The lowest BCUT2D eigenvalue weighted by Crippen LogP contribution is -2.26. The molecule has 2 aromatic rings. The van der Waals surface area contributed by atoms with E-state index < -0.39 is 0 Å². The SMILES string of the molecule is O=C(CSc1nnc(C2CC2)n1Cc1ccco1)NCCC1=CCCCC1. The van der Waals surface area contributed by atoms with Crippen LogP contribution in [0.2, 0.25) is 0 Å². The van der Waals surface area contributed by atoms with Gasteiger partial charge in [-0.05, 0) is 57.1 Å². The monoisotopic (exact) mass is 386 g/mol. The molecule has 2 aliphatic rings. The number of allylic oxidation sites excluding steroid dienone is 1. The largest absolute Gasteiger partial charge is 0.467 e. The molecule has 0 unspecified atom stereocenters. The molecular weight excluding hydrogens is 360 g/mol. The maximum atomic E-state index is 12.2. The van der Waals surface area contributed by atoms with E-state index >= 15 is 0 Å². The minimum absolute atomic E-state index is 0.0527. The van der Waals surface area contributed by atoms with Crippen molar-refractivity contribution in [1.82, 2.24) is 20.1 Å². The first-order chi connectivity index (χ1) is 13.3. The Bertz CT molecular complexity index is 793. The fourth-order valence-electron chi connectivity index (χ4n) is 3.43. The molecule has 0 saturated heterocycles. The van der Waals surface area contributed by atoms with Gasteiger partial charge in [-0.2, -0.15) is 0 Å². The number of hydrogen-bond acceptors (Lipinski definition) is 5. The lowest BCUT2D eigenvalue weighted by atomic mass is 9.97. The van der Waals surface area contributed by atoms with Crippen molar-refractivity contribution in [2.24, 2.45) is 0 Å². The molecule has 1 amide bonds. The molecule has 1 N–H and O–H groups in total. The van der Waals surface area contributed by atoms with E-state index in [-0.39, 0.29) is 5.91 Å². The average molecular weight is 387 g/mol. The van der Waals surface area contributed by atoms with Crippen molar-refractivity contribution in [3.05, 3.63) is 41.6 Å². The Balaban J connectivity index is 1.29. The van der Waals surface area contributed by atoms with Crippen molar-refractivity contribution in [2.75, 3.05) is 12.3 Å². The minimum atomic E-state index is 0.0527. The van der Waals surface area contributed by atoms with E-state index in [9.17, 15) is 4.79 Å². The first kappa shape index (κ1) is 18.3. The maximum absolute atomic E-state index is 12.2. The highest BCUT2D eigenvalue weighted by Gasteiger charge is 2.30. The van der Waals surface area contributed by atoms with Crippen molar-refractivity contribution < 1.29 is 9.21 Å². The normalized spacial score (nSPS) is 17.0. The molecular formula is C20H26N4O2S. The lowest BCUT2D eigenvalue weighted by Gasteiger charge is -2.13. The summed E-state index contributed by atoms with van der Waals surface area (Å²) >= 11 is 1.45. The molecule has 2 aliphatic carbocycles. The number of aromatic nitrogens is 3. The van der Waals surface area contributed by atoms with Gasteiger partial charge in [-0.3, -0.25) is 9.36 Å². The van der Waals surface area contributed by atoms with Gasteiger partial charge in [-0.25, -0.2) is 0 Å². The number of rotatable bonds is 9. The Hall–Kier alpha value is -2.02. The molecule has 0 bridgehead atoms. The second kappa shape index (κ2) is 8.78. The van der Waals surface area contributed by atoms with E-state index in [0.717, 1.165) is 42.5 Å². The summed E-state index contributed by atoms with van der Waals surface area (Å²) in [5.41, 5.74) is 1.49. The van der Waals surface area contributed by atoms with E-state index in [0.29, 0.717) is 18.2 Å². The highest BCUT2D eigenvalue weighted by molar-refractivity contribution is 7.99. The van der Waals surface area contributed by atoms with Gasteiger partial charge >= 0.3 is 0 Å². The van der Waals surface area contributed by atoms with Crippen LogP contribution in [0, 0.1) is 0 Å². The zero-order valence-corrected chi connectivity index (χ0v) is 16.3. The Morgan fingerprint density at radius 1 is 1.33 bits per heavy atom. The third kappa shape index (κ3) is 5.03. The molecule has 4 rings (SSSR count). The number of amides is 1.